The molecule has 0 aliphatic rings. The van der Waals surface area contributed by atoms with Gasteiger partial charge in [0.05, 0.1) is 20.8 Å². The van der Waals surface area contributed by atoms with Gasteiger partial charge < -0.3 is 10.6 Å². The van der Waals surface area contributed by atoms with Crippen molar-refractivity contribution in [2.24, 2.45) is 0 Å². The topological polar surface area (TPSA) is 157 Å². The van der Waals surface area contributed by atoms with Gasteiger partial charge in [0.1, 0.15) is 0 Å². The first-order valence-electron chi connectivity index (χ1n) is 11.6. The van der Waals surface area contributed by atoms with Crippen LogP contribution in [0.1, 0.15) is 23.7 Å². The molecular weight excluding hydrogens is 542 g/mol. The summed E-state index contributed by atoms with van der Waals surface area (Å²) in [4.78, 5) is 51.7. The highest BCUT2D eigenvalue weighted by Gasteiger charge is 2.20. The number of nitrogens with one attached hydrogen (secondary N) is 2. The van der Waals surface area contributed by atoms with Gasteiger partial charge >= 0.3 is 0 Å². The summed E-state index contributed by atoms with van der Waals surface area (Å²) < 4.78 is 0. The molecular formula is C26H21N5O6S2. The summed E-state index contributed by atoms with van der Waals surface area (Å²) in [7, 11) is 0. The number of nitrogens with zero attached hydrogens (tertiary/aromatic N) is 3. The van der Waals surface area contributed by atoms with E-state index in [1.54, 1.807) is 35.7 Å². The van der Waals surface area contributed by atoms with Crippen molar-refractivity contribution in [3.63, 3.8) is 0 Å². The Labute approximate surface area is 230 Å². The first kappa shape index (κ1) is 27.4. The molecule has 39 heavy (non-hydrogen) atoms. The molecule has 0 radical (unpaired) electrons. The van der Waals surface area contributed by atoms with Crippen LogP contribution in [-0.2, 0) is 4.79 Å². The molecule has 198 valence electrons. The van der Waals surface area contributed by atoms with Gasteiger partial charge in [-0.1, -0.05) is 31.2 Å². The fourth-order valence-electron chi connectivity index (χ4n) is 3.53. The number of non-ortho nitro benzene ring substituents is 2. The summed E-state index contributed by atoms with van der Waals surface area (Å²) in [5.41, 5.74) is 1.51. The van der Waals surface area contributed by atoms with Crippen molar-refractivity contribution in [3.05, 3.63) is 104 Å². The maximum Gasteiger partial charge on any atom is 0.270 e. The van der Waals surface area contributed by atoms with Crippen molar-refractivity contribution in [1.82, 2.24) is 4.98 Å². The van der Waals surface area contributed by atoms with E-state index >= 15 is 0 Å². The van der Waals surface area contributed by atoms with E-state index in [0.717, 1.165) is 4.90 Å². The largest absolute Gasteiger partial charge is 0.322 e. The van der Waals surface area contributed by atoms with E-state index < -0.39 is 21.0 Å². The molecule has 4 aromatic rings. The highest BCUT2D eigenvalue weighted by atomic mass is 32.2. The fraction of sp³-hybridized carbons (Fsp3) is 0.115. The van der Waals surface area contributed by atoms with E-state index in [0.29, 0.717) is 28.5 Å². The molecule has 1 unspecified atom stereocenters. The number of carbonyl (C=O) groups is 2. The smallest absolute Gasteiger partial charge is 0.270 e. The first-order valence-corrected chi connectivity index (χ1v) is 13.3. The third kappa shape index (κ3) is 7.03. The second kappa shape index (κ2) is 12.3. The van der Waals surface area contributed by atoms with Crippen LogP contribution in [0.3, 0.4) is 0 Å². The minimum absolute atomic E-state index is 0.0444. The summed E-state index contributed by atoms with van der Waals surface area (Å²) >= 11 is 2.54. The molecule has 11 nitrogen and oxygen atoms in total. The molecule has 2 amide bonds. The van der Waals surface area contributed by atoms with E-state index in [1.807, 2.05) is 13.0 Å². The van der Waals surface area contributed by atoms with Crippen molar-refractivity contribution in [3.8, 4) is 11.3 Å². The highest BCUT2D eigenvalue weighted by molar-refractivity contribution is 8.00. The number of carbonyl (C=O) groups excluding carboxylic acids is 2. The average Bonchev–Trinajstić information content (AvgIpc) is 3.40. The first-order chi connectivity index (χ1) is 18.7. The molecule has 0 aliphatic carbocycles. The van der Waals surface area contributed by atoms with Crippen LogP contribution in [0.25, 0.3) is 11.3 Å². The highest BCUT2D eigenvalue weighted by Crippen LogP contribution is 2.31. The number of thiazole rings is 1. The number of hydrogen-bond donors (Lipinski definition) is 2. The number of benzene rings is 3. The zero-order chi connectivity index (χ0) is 27.9. The van der Waals surface area contributed by atoms with Crippen LogP contribution in [0.15, 0.2) is 83.1 Å². The van der Waals surface area contributed by atoms with Gasteiger partial charge in [0.2, 0.25) is 5.91 Å². The predicted molar refractivity (Wildman–Crippen MR) is 150 cm³/mol. The Morgan fingerprint density at radius 3 is 2.36 bits per heavy atom. The molecule has 0 bridgehead atoms. The molecule has 0 spiro atoms. The lowest BCUT2D eigenvalue weighted by Gasteiger charge is -2.14. The number of anilines is 2. The van der Waals surface area contributed by atoms with Crippen molar-refractivity contribution in [2.75, 3.05) is 10.6 Å². The van der Waals surface area contributed by atoms with Crippen molar-refractivity contribution < 1.29 is 19.4 Å². The van der Waals surface area contributed by atoms with E-state index in [4.69, 9.17) is 0 Å². The quantitative estimate of drug-likeness (QED) is 0.128. The fourth-order valence-corrected chi connectivity index (χ4v) is 5.26. The van der Waals surface area contributed by atoms with E-state index in [1.165, 1.54) is 59.5 Å². The number of nitro groups is 2. The van der Waals surface area contributed by atoms with Crippen LogP contribution in [0.4, 0.5) is 22.2 Å². The number of hydrogen-bond acceptors (Lipinski definition) is 9. The van der Waals surface area contributed by atoms with Gasteiger partial charge in [-0.05, 0) is 30.7 Å². The van der Waals surface area contributed by atoms with Gasteiger partial charge in [0.15, 0.2) is 5.13 Å². The van der Waals surface area contributed by atoms with Gasteiger partial charge in [-0.25, -0.2) is 4.98 Å². The second-order valence-electron chi connectivity index (χ2n) is 8.14. The van der Waals surface area contributed by atoms with Crippen LogP contribution in [0.2, 0.25) is 0 Å². The molecule has 4 rings (SSSR count). The van der Waals surface area contributed by atoms with Crippen LogP contribution in [-0.4, -0.2) is 31.9 Å². The van der Waals surface area contributed by atoms with Crippen molar-refractivity contribution in [1.29, 1.82) is 0 Å². The van der Waals surface area contributed by atoms with Crippen LogP contribution in [0, 0.1) is 20.2 Å². The molecule has 13 heteroatoms. The number of aromatic nitrogens is 1. The van der Waals surface area contributed by atoms with E-state index in [9.17, 15) is 29.8 Å². The summed E-state index contributed by atoms with van der Waals surface area (Å²) in [5.74, 6) is -0.748. The SMILES string of the molecule is CCC(Sc1cccc(NC(=O)c2cccc([N+](=O)[O-])c2)c1)C(=O)Nc1nc(-c2cccc([N+](=O)[O-])c2)cs1. The van der Waals surface area contributed by atoms with Crippen LogP contribution in [0.5, 0.6) is 0 Å². The Morgan fingerprint density at radius 1 is 0.949 bits per heavy atom. The lowest BCUT2D eigenvalue weighted by molar-refractivity contribution is -0.385. The minimum atomic E-state index is -0.565. The predicted octanol–water partition coefficient (Wildman–Crippen LogP) is 6.39. The molecule has 0 saturated heterocycles. The monoisotopic (exact) mass is 563 g/mol. The van der Waals surface area contributed by atoms with E-state index in [-0.39, 0.29) is 22.8 Å². The molecule has 1 aromatic heterocycles. The molecule has 0 fully saturated rings. The Hall–Kier alpha value is -4.62. The summed E-state index contributed by atoms with van der Waals surface area (Å²) in [6, 6.07) is 18.5. The van der Waals surface area contributed by atoms with Gasteiger partial charge in [-0.2, -0.15) is 0 Å². The third-order valence-electron chi connectivity index (χ3n) is 5.44. The van der Waals surface area contributed by atoms with Gasteiger partial charge in [-0.15, -0.1) is 23.1 Å². The van der Waals surface area contributed by atoms with Crippen molar-refractivity contribution >= 4 is 57.1 Å². The van der Waals surface area contributed by atoms with Crippen LogP contribution >= 0.6 is 23.1 Å². The number of nitro benzene ring substituents is 2. The minimum Gasteiger partial charge on any atom is -0.322 e. The zero-order valence-corrected chi connectivity index (χ0v) is 22.0. The molecule has 0 saturated carbocycles. The summed E-state index contributed by atoms with van der Waals surface area (Å²) in [6.45, 7) is 1.88. The summed E-state index contributed by atoms with van der Waals surface area (Å²) in [5, 5.41) is 29.2. The zero-order valence-electron chi connectivity index (χ0n) is 20.4. The van der Waals surface area contributed by atoms with Crippen LogP contribution < -0.4 is 10.6 Å². The van der Waals surface area contributed by atoms with Gasteiger partial charge in [0.25, 0.3) is 17.3 Å². The Morgan fingerprint density at radius 2 is 1.64 bits per heavy atom. The second-order valence-corrected chi connectivity index (χ2v) is 10.3. The van der Waals surface area contributed by atoms with Gasteiger partial charge in [-0.3, -0.25) is 29.8 Å². The third-order valence-corrected chi connectivity index (χ3v) is 7.56. The Kier molecular flexibility index (Phi) is 8.63. The average molecular weight is 564 g/mol. The lowest BCUT2D eigenvalue weighted by atomic mass is 10.1. The standard InChI is InChI=1S/C26H21N5O6S2/c1-2-23(25(33)29-26-28-22(15-38-26)16-6-3-9-19(12-16)30(34)35)39-21-11-5-8-18(14-21)27-24(32)17-7-4-10-20(13-17)31(36)37/h3-15,23H,2H2,1H3,(H,27,32)(H,28,29,33). The number of thioether (sulfide) groups is 1. The maximum absolute atomic E-state index is 13.0. The van der Waals surface area contributed by atoms with E-state index in [2.05, 4.69) is 15.6 Å². The molecule has 1 heterocycles. The molecule has 2 N–H and O–H groups in total. The molecule has 1 atom stereocenters. The summed E-state index contributed by atoms with van der Waals surface area (Å²) in [6.07, 6.45) is 0.518. The Balaban J connectivity index is 1.41. The molecule has 3 aromatic carbocycles. The molecule has 0 aliphatic heterocycles. The number of rotatable bonds is 10. The normalized spacial score (nSPS) is 11.4. The van der Waals surface area contributed by atoms with Crippen molar-refractivity contribution in [2.45, 2.75) is 23.5 Å². The van der Waals surface area contributed by atoms with Gasteiger partial charge in [0, 0.05) is 51.4 Å². The Bertz CT molecular complexity index is 1560. The number of amides is 2. The maximum atomic E-state index is 13.0. The lowest BCUT2D eigenvalue weighted by Crippen LogP contribution is -2.24.